The van der Waals surface area contributed by atoms with Crippen molar-refractivity contribution in [1.29, 1.82) is 0 Å². The van der Waals surface area contributed by atoms with E-state index in [1.165, 1.54) is 38.2 Å². The molecule has 0 nitrogen and oxygen atoms in total. The van der Waals surface area contributed by atoms with Crippen LogP contribution in [0.3, 0.4) is 0 Å². The van der Waals surface area contributed by atoms with Crippen LogP contribution in [0.25, 0.3) is 27.1 Å². The zero-order valence-electron chi connectivity index (χ0n) is 12.3. The quantitative estimate of drug-likeness (QED) is 0.473. The van der Waals surface area contributed by atoms with E-state index in [4.69, 9.17) is 0 Å². The van der Waals surface area contributed by atoms with Crippen LogP contribution in [0.15, 0.2) is 66.8 Å². The fourth-order valence-corrected chi connectivity index (χ4v) is 3.50. The lowest BCUT2D eigenvalue weighted by molar-refractivity contribution is 1.06. The fourth-order valence-electron chi connectivity index (χ4n) is 3.50. The van der Waals surface area contributed by atoms with Gasteiger partial charge >= 0.3 is 0 Å². The molecule has 0 fully saturated rings. The molecule has 4 rings (SSSR count). The van der Waals surface area contributed by atoms with Crippen molar-refractivity contribution >= 4 is 27.1 Å². The molecular formula is C21H18. The Balaban J connectivity index is 2.22. The van der Waals surface area contributed by atoms with E-state index in [1.807, 2.05) is 0 Å². The average Bonchev–Trinajstić information content (AvgIpc) is 2.56. The molecule has 0 saturated carbocycles. The van der Waals surface area contributed by atoms with Gasteiger partial charge in [0.25, 0.3) is 0 Å². The highest BCUT2D eigenvalue weighted by molar-refractivity contribution is 6.11. The standard InChI is InChI=1S/C21H18/c1-15-17-11-5-7-13-19(17)21(16-9-3-2-4-10-16)20-14-8-6-12-18(15)20/h2-3,5-9,11-14H,4,10H2,1H3. The molecule has 21 heavy (non-hydrogen) atoms. The summed E-state index contributed by atoms with van der Waals surface area (Å²) >= 11 is 0. The molecule has 0 aliphatic heterocycles. The molecule has 0 amide bonds. The molecular weight excluding hydrogens is 252 g/mol. The minimum atomic E-state index is 1.13. The summed E-state index contributed by atoms with van der Waals surface area (Å²) in [5.74, 6) is 0. The summed E-state index contributed by atoms with van der Waals surface area (Å²) in [7, 11) is 0. The monoisotopic (exact) mass is 270 g/mol. The van der Waals surface area contributed by atoms with Crippen LogP contribution in [0, 0.1) is 6.92 Å². The molecule has 0 atom stereocenters. The molecule has 1 aliphatic rings. The van der Waals surface area contributed by atoms with Crippen LogP contribution >= 0.6 is 0 Å². The lowest BCUT2D eigenvalue weighted by atomic mass is 9.86. The van der Waals surface area contributed by atoms with Gasteiger partial charge in [0.1, 0.15) is 0 Å². The van der Waals surface area contributed by atoms with E-state index in [1.54, 1.807) is 0 Å². The molecule has 3 aromatic rings. The number of hydrogen-bond donors (Lipinski definition) is 0. The molecule has 0 saturated heterocycles. The Morgan fingerprint density at radius 3 is 1.86 bits per heavy atom. The Labute approximate surface area is 125 Å². The Bertz CT molecular complexity index is 837. The van der Waals surface area contributed by atoms with Crippen LogP contribution in [0.4, 0.5) is 0 Å². The molecule has 3 aromatic carbocycles. The lowest BCUT2D eigenvalue weighted by Crippen LogP contribution is -1.94. The van der Waals surface area contributed by atoms with Gasteiger partial charge in [0.2, 0.25) is 0 Å². The van der Waals surface area contributed by atoms with Crippen molar-refractivity contribution in [3.8, 4) is 0 Å². The molecule has 0 heteroatoms. The summed E-state index contributed by atoms with van der Waals surface area (Å²) in [5, 5.41) is 5.52. The third kappa shape index (κ3) is 1.91. The van der Waals surface area contributed by atoms with Crippen molar-refractivity contribution in [2.45, 2.75) is 19.8 Å². The van der Waals surface area contributed by atoms with Gasteiger partial charge in [-0.1, -0.05) is 66.8 Å². The average molecular weight is 270 g/mol. The second-order valence-electron chi connectivity index (χ2n) is 5.75. The van der Waals surface area contributed by atoms with Gasteiger partial charge in [-0.3, -0.25) is 0 Å². The van der Waals surface area contributed by atoms with E-state index in [2.05, 4.69) is 73.7 Å². The maximum Gasteiger partial charge on any atom is -0.00670 e. The van der Waals surface area contributed by atoms with Crippen molar-refractivity contribution in [1.82, 2.24) is 0 Å². The summed E-state index contributed by atoms with van der Waals surface area (Å²) in [6.07, 6.45) is 9.01. The molecule has 0 radical (unpaired) electrons. The Hall–Kier alpha value is -2.34. The van der Waals surface area contributed by atoms with Gasteiger partial charge < -0.3 is 0 Å². The molecule has 0 spiro atoms. The Morgan fingerprint density at radius 2 is 1.33 bits per heavy atom. The maximum absolute atomic E-state index is 2.28. The van der Waals surface area contributed by atoms with Crippen LogP contribution in [-0.4, -0.2) is 0 Å². The van der Waals surface area contributed by atoms with Crippen molar-refractivity contribution < 1.29 is 0 Å². The number of benzene rings is 3. The van der Waals surface area contributed by atoms with Gasteiger partial charge in [0.05, 0.1) is 0 Å². The van der Waals surface area contributed by atoms with Crippen LogP contribution in [0.1, 0.15) is 24.0 Å². The molecule has 102 valence electrons. The van der Waals surface area contributed by atoms with Gasteiger partial charge in [-0.15, -0.1) is 0 Å². The third-order valence-electron chi connectivity index (χ3n) is 4.54. The van der Waals surface area contributed by atoms with Gasteiger partial charge in [0.15, 0.2) is 0 Å². The van der Waals surface area contributed by atoms with E-state index in [-0.39, 0.29) is 0 Å². The van der Waals surface area contributed by atoms with Crippen LogP contribution < -0.4 is 0 Å². The van der Waals surface area contributed by atoms with E-state index < -0.39 is 0 Å². The van der Waals surface area contributed by atoms with Crippen LogP contribution in [0.2, 0.25) is 0 Å². The fraction of sp³-hybridized carbons (Fsp3) is 0.143. The Kier molecular flexibility index (Phi) is 2.89. The molecule has 0 aromatic heterocycles. The molecule has 1 aliphatic carbocycles. The van der Waals surface area contributed by atoms with Gasteiger partial charge in [0, 0.05) is 0 Å². The van der Waals surface area contributed by atoms with E-state index in [9.17, 15) is 0 Å². The lowest BCUT2D eigenvalue weighted by Gasteiger charge is -2.18. The second-order valence-corrected chi connectivity index (χ2v) is 5.75. The first-order chi connectivity index (χ1) is 10.4. The highest BCUT2D eigenvalue weighted by Gasteiger charge is 2.14. The largest absolute Gasteiger partial charge is 0.0842 e. The predicted octanol–water partition coefficient (Wildman–Crippen LogP) is 6.03. The maximum atomic E-state index is 2.28. The number of aryl methyl sites for hydroxylation is 1. The van der Waals surface area contributed by atoms with Gasteiger partial charge in [-0.05, 0) is 58.0 Å². The summed E-state index contributed by atoms with van der Waals surface area (Å²) in [5.41, 5.74) is 4.28. The zero-order chi connectivity index (χ0) is 14.2. The summed E-state index contributed by atoms with van der Waals surface area (Å²) in [6, 6.07) is 17.6. The predicted molar refractivity (Wildman–Crippen MR) is 92.5 cm³/mol. The number of allylic oxidation sites excluding steroid dienone is 4. The smallest absolute Gasteiger partial charge is 0.00670 e. The van der Waals surface area contributed by atoms with Gasteiger partial charge in [-0.2, -0.15) is 0 Å². The zero-order valence-corrected chi connectivity index (χ0v) is 12.3. The summed E-state index contributed by atoms with van der Waals surface area (Å²) in [4.78, 5) is 0. The molecule has 0 N–H and O–H groups in total. The SMILES string of the molecule is Cc1c2ccccc2c(C2=CC=CCC2)c2ccccc12. The minimum absolute atomic E-state index is 1.13. The van der Waals surface area contributed by atoms with Crippen molar-refractivity contribution in [2.24, 2.45) is 0 Å². The summed E-state index contributed by atoms with van der Waals surface area (Å²) in [6.45, 7) is 2.24. The topological polar surface area (TPSA) is 0 Å². The first-order valence-corrected chi connectivity index (χ1v) is 7.62. The number of fused-ring (bicyclic) bond motifs is 2. The first-order valence-electron chi connectivity index (χ1n) is 7.62. The van der Waals surface area contributed by atoms with Crippen LogP contribution in [0.5, 0.6) is 0 Å². The first kappa shape index (κ1) is 12.4. The molecule has 0 heterocycles. The number of rotatable bonds is 1. The molecule has 0 unspecified atom stereocenters. The third-order valence-corrected chi connectivity index (χ3v) is 4.54. The normalized spacial score (nSPS) is 14.6. The highest BCUT2D eigenvalue weighted by Crippen LogP contribution is 2.38. The van der Waals surface area contributed by atoms with E-state index in [0.29, 0.717) is 0 Å². The highest BCUT2D eigenvalue weighted by atomic mass is 14.2. The second kappa shape index (κ2) is 4.89. The number of hydrogen-bond acceptors (Lipinski definition) is 0. The van der Waals surface area contributed by atoms with Crippen molar-refractivity contribution in [2.75, 3.05) is 0 Å². The van der Waals surface area contributed by atoms with Crippen molar-refractivity contribution in [3.63, 3.8) is 0 Å². The summed E-state index contributed by atoms with van der Waals surface area (Å²) < 4.78 is 0. The minimum Gasteiger partial charge on any atom is -0.0842 e. The molecule has 0 bridgehead atoms. The Morgan fingerprint density at radius 1 is 0.762 bits per heavy atom. The van der Waals surface area contributed by atoms with Crippen molar-refractivity contribution in [3.05, 3.63) is 77.9 Å². The van der Waals surface area contributed by atoms with E-state index >= 15 is 0 Å². The van der Waals surface area contributed by atoms with E-state index in [0.717, 1.165) is 12.8 Å². The van der Waals surface area contributed by atoms with Crippen LogP contribution in [-0.2, 0) is 0 Å². The van der Waals surface area contributed by atoms with Gasteiger partial charge in [-0.25, -0.2) is 0 Å².